The Morgan fingerprint density at radius 3 is 2.60 bits per heavy atom. The Bertz CT molecular complexity index is 496. The molecule has 4 nitrogen and oxygen atoms in total. The van der Waals surface area contributed by atoms with Crippen molar-refractivity contribution >= 4 is 11.8 Å². The van der Waals surface area contributed by atoms with Crippen LogP contribution in [0, 0.1) is 12.8 Å². The Morgan fingerprint density at radius 2 is 2.00 bits per heavy atom. The maximum Gasteiger partial charge on any atom is 0.226 e. The molecule has 2 amide bonds. The predicted octanol–water partition coefficient (Wildman–Crippen LogP) is 2.04. The van der Waals surface area contributed by atoms with E-state index in [0.29, 0.717) is 13.0 Å². The summed E-state index contributed by atoms with van der Waals surface area (Å²) in [5.41, 5.74) is 2.20. The molecule has 0 unspecified atom stereocenters. The molecule has 4 heteroatoms. The van der Waals surface area contributed by atoms with Crippen LogP contribution < -0.4 is 5.32 Å². The van der Waals surface area contributed by atoms with Gasteiger partial charge in [-0.25, -0.2) is 0 Å². The molecule has 108 valence electrons. The Hall–Kier alpha value is -1.84. The van der Waals surface area contributed by atoms with Crippen LogP contribution in [0.5, 0.6) is 0 Å². The number of benzene rings is 1. The van der Waals surface area contributed by atoms with Crippen molar-refractivity contribution in [3.8, 4) is 0 Å². The van der Waals surface area contributed by atoms with E-state index in [9.17, 15) is 9.59 Å². The number of hydrogen-bond donors (Lipinski definition) is 1. The molecule has 20 heavy (non-hydrogen) atoms. The standard InChI is InChI=1S/C16H22N2O2/c1-4-9-17-16(20)13-10-14(19)18(3)15(13)12-7-5-11(2)6-8-12/h5-8,13,15H,4,9-10H2,1-3H3,(H,17,20)/t13-,15-/m0/s1. The zero-order chi connectivity index (χ0) is 14.7. The Balaban J connectivity index is 2.24. The van der Waals surface area contributed by atoms with Crippen LogP contribution in [0.3, 0.4) is 0 Å². The van der Waals surface area contributed by atoms with E-state index in [1.165, 1.54) is 5.56 Å². The summed E-state index contributed by atoms with van der Waals surface area (Å²) in [7, 11) is 1.78. The van der Waals surface area contributed by atoms with Crippen LogP contribution in [0.15, 0.2) is 24.3 Å². The van der Waals surface area contributed by atoms with Gasteiger partial charge in [-0.15, -0.1) is 0 Å². The van der Waals surface area contributed by atoms with Gasteiger partial charge in [-0.2, -0.15) is 0 Å². The van der Waals surface area contributed by atoms with Gasteiger partial charge in [0.05, 0.1) is 12.0 Å². The van der Waals surface area contributed by atoms with Gasteiger partial charge in [0, 0.05) is 20.0 Å². The first-order valence-electron chi connectivity index (χ1n) is 7.14. The summed E-state index contributed by atoms with van der Waals surface area (Å²) in [5.74, 6) is -0.274. The van der Waals surface area contributed by atoms with Crippen molar-refractivity contribution in [2.75, 3.05) is 13.6 Å². The molecule has 0 saturated carbocycles. The van der Waals surface area contributed by atoms with E-state index in [1.807, 2.05) is 38.1 Å². The van der Waals surface area contributed by atoms with Crippen LogP contribution in [0.4, 0.5) is 0 Å². The molecule has 1 aliphatic rings. The summed E-state index contributed by atoms with van der Waals surface area (Å²) in [4.78, 5) is 25.9. The number of likely N-dealkylation sites (tertiary alicyclic amines) is 1. The van der Waals surface area contributed by atoms with E-state index in [-0.39, 0.29) is 23.8 Å². The van der Waals surface area contributed by atoms with E-state index in [1.54, 1.807) is 11.9 Å². The van der Waals surface area contributed by atoms with Crippen molar-refractivity contribution in [1.29, 1.82) is 0 Å². The monoisotopic (exact) mass is 274 g/mol. The number of carbonyl (C=O) groups is 2. The summed E-state index contributed by atoms with van der Waals surface area (Å²) in [6, 6.07) is 7.91. The third-order valence-corrected chi connectivity index (χ3v) is 3.89. The average molecular weight is 274 g/mol. The summed E-state index contributed by atoms with van der Waals surface area (Å²) >= 11 is 0. The van der Waals surface area contributed by atoms with E-state index >= 15 is 0 Å². The van der Waals surface area contributed by atoms with E-state index in [2.05, 4.69) is 5.32 Å². The van der Waals surface area contributed by atoms with Crippen molar-refractivity contribution in [2.24, 2.45) is 5.92 Å². The lowest BCUT2D eigenvalue weighted by Crippen LogP contribution is -2.34. The molecule has 0 aliphatic carbocycles. The van der Waals surface area contributed by atoms with E-state index < -0.39 is 0 Å². The number of amides is 2. The third kappa shape index (κ3) is 2.84. The van der Waals surface area contributed by atoms with Gasteiger partial charge in [0.1, 0.15) is 0 Å². The minimum atomic E-state index is -0.290. The number of hydrogen-bond acceptors (Lipinski definition) is 2. The number of rotatable bonds is 4. The van der Waals surface area contributed by atoms with Crippen molar-refractivity contribution in [2.45, 2.75) is 32.7 Å². The van der Waals surface area contributed by atoms with Gasteiger partial charge < -0.3 is 10.2 Å². The van der Waals surface area contributed by atoms with Crippen molar-refractivity contribution in [3.05, 3.63) is 35.4 Å². The van der Waals surface area contributed by atoms with Crippen LogP contribution in [0.1, 0.15) is 36.9 Å². The van der Waals surface area contributed by atoms with E-state index in [4.69, 9.17) is 0 Å². The molecule has 1 aromatic carbocycles. The maximum absolute atomic E-state index is 12.3. The van der Waals surface area contributed by atoms with Gasteiger partial charge in [-0.1, -0.05) is 36.8 Å². The molecular weight excluding hydrogens is 252 g/mol. The molecule has 1 fully saturated rings. The Labute approximate surface area is 120 Å². The minimum Gasteiger partial charge on any atom is -0.356 e. The molecular formula is C16H22N2O2. The fourth-order valence-electron chi connectivity index (χ4n) is 2.70. The van der Waals surface area contributed by atoms with Gasteiger partial charge in [0.15, 0.2) is 0 Å². The molecule has 1 aromatic rings. The van der Waals surface area contributed by atoms with Crippen LogP contribution in [0.2, 0.25) is 0 Å². The van der Waals surface area contributed by atoms with Gasteiger partial charge in [0.2, 0.25) is 11.8 Å². The molecule has 0 radical (unpaired) electrons. The zero-order valence-electron chi connectivity index (χ0n) is 12.3. The first-order chi connectivity index (χ1) is 9.54. The number of nitrogens with one attached hydrogen (secondary N) is 1. The molecule has 2 rings (SSSR count). The van der Waals surface area contributed by atoms with E-state index in [0.717, 1.165) is 12.0 Å². The second-order valence-electron chi connectivity index (χ2n) is 5.46. The highest BCUT2D eigenvalue weighted by molar-refractivity contribution is 5.90. The molecule has 1 saturated heterocycles. The smallest absolute Gasteiger partial charge is 0.226 e. The highest BCUT2D eigenvalue weighted by Gasteiger charge is 2.42. The predicted molar refractivity (Wildman–Crippen MR) is 78.1 cm³/mol. The van der Waals surface area contributed by atoms with Crippen LogP contribution in [-0.4, -0.2) is 30.3 Å². The molecule has 0 bridgehead atoms. The lowest BCUT2D eigenvalue weighted by Gasteiger charge is -2.25. The number of aryl methyl sites for hydroxylation is 1. The molecule has 1 N–H and O–H groups in total. The first kappa shape index (κ1) is 14.6. The number of nitrogens with zero attached hydrogens (tertiary/aromatic N) is 1. The molecule has 1 aliphatic heterocycles. The molecule has 0 aromatic heterocycles. The summed E-state index contributed by atoms with van der Waals surface area (Å²) in [6.07, 6.45) is 1.20. The fourth-order valence-corrected chi connectivity index (χ4v) is 2.70. The Morgan fingerprint density at radius 1 is 1.35 bits per heavy atom. The average Bonchev–Trinajstić information content (AvgIpc) is 2.73. The van der Waals surface area contributed by atoms with Crippen LogP contribution >= 0.6 is 0 Å². The summed E-state index contributed by atoms with van der Waals surface area (Å²) in [6.45, 7) is 4.70. The van der Waals surface area contributed by atoms with Crippen molar-refractivity contribution < 1.29 is 9.59 Å². The van der Waals surface area contributed by atoms with Crippen LogP contribution in [-0.2, 0) is 9.59 Å². The SMILES string of the molecule is CCCNC(=O)[C@H]1CC(=O)N(C)[C@H]1c1ccc(C)cc1. The number of carbonyl (C=O) groups excluding carboxylic acids is 2. The largest absolute Gasteiger partial charge is 0.356 e. The van der Waals surface area contributed by atoms with Gasteiger partial charge in [-0.3, -0.25) is 9.59 Å². The molecule has 1 heterocycles. The highest BCUT2D eigenvalue weighted by Crippen LogP contribution is 2.37. The van der Waals surface area contributed by atoms with Crippen molar-refractivity contribution in [1.82, 2.24) is 10.2 Å². The fraction of sp³-hybridized carbons (Fsp3) is 0.500. The third-order valence-electron chi connectivity index (χ3n) is 3.89. The summed E-state index contributed by atoms with van der Waals surface area (Å²) in [5, 5.41) is 2.91. The van der Waals surface area contributed by atoms with Gasteiger partial charge >= 0.3 is 0 Å². The summed E-state index contributed by atoms with van der Waals surface area (Å²) < 4.78 is 0. The maximum atomic E-state index is 12.3. The lowest BCUT2D eigenvalue weighted by atomic mass is 9.92. The Kier molecular flexibility index (Phi) is 4.42. The second-order valence-corrected chi connectivity index (χ2v) is 5.46. The van der Waals surface area contributed by atoms with Crippen LogP contribution in [0.25, 0.3) is 0 Å². The van der Waals surface area contributed by atoms with Crippen molar-refractivity contribution in [3.63, 3.8) is 0 Å². The molecule has 2 atom stereocenters. The van der Waals surface area contributed by atoms with Gasteiger partial charge in [0.25, 0.3) is 0 Å². The molecule has 0 spiro atoms. The first-order valence-corrected chi connectivity index (χ1v) is 7.14. The lowest BCUT2D eigenvalue weighted by molar-refractivity contribution is -0.128. The second kappa shape index (κ2) is 6.07. The highest BCUT2D eigenvalue weighted by atomic mass is 16.2. The van der Waals surface area contributed by atoms with Gasteiger partial charge in [-0.05, 0) is 18.9 Å². The zero-order valence-corrected chi connectivity index (χ0v) is 12.3. The minimum absolute atomic E-state index is 0.0184. The quantitative estimate of drug-likeness (QED) is 0.913. The normalized spacial score (nSPS) is 22.1. The topological polar surface area (TPSA) is 49.4 Å².